The van der Waals surface area contributed by atoms with Gasteiger partial charge < -0.3 is 20.7 Å². The molecule has 6 nitrogen and oxygen atoms in total. The highest BCUT2D eigenvalue weighted by Crippen LogP contribution is 2.16. The van der Waals surface area contributed by atoms with Crippen molar-refractivity contribution in [3.05, 3.63) is 29.8 Å². The van der Waals surface area contributed by atoms with E-state index in [-0.39, 0.29) is 36.0 Å². The van der Waals surface area contributed by atoms with Crippen molar-refractivity contribution in [3.8, 4) is 0 Å². The van der Waals surface area contributed by atoms with E-state index in [4.69, 9.17) is 4.74 Å². The van der Waals surface area contributed by atoms with Gasteiger partial charge in [0.2, 0.25) is 0 Å². The summed E-state index contributed by atoms with van der Waals surface area (Å²) >= 11 is 0. The van der Waals surface area contributed by atoms with Crippen molar-refractivity contribution in [1.29, 1.82) is 0 Å². The van der Waals surface area contributed by atoms with Crippen LogP contribution in [0.15, 0.2) is 29.3 Å². The lowest BCUT2D eigenvalue weighted by Gasteiger charge is -2.18. The minimum atomic E-state index is -0.318. The maximum Gasteiger partial charge on any atom is 0.253 e. The third-order valence-electron chi connectivity index (χ3n) is 4.90. The zero-order valence-corrected chi connectivity index (χ0v) is 20.5. The number of carbonyl (C=O) groups is 1. The van der Waals surface area contributed by atoms with Gasteiger partial charge in [0.25, 0.3) is 5.91 Å². The Morgan fingerprint density at radius 2 is 2.07 bits per heavy atom. The van der Waals surface area contributed by atoms with Gasteiger partial charge in [-0.3, -0.25) is 9.79 Å². The predicted molar refractivity (Wildman–Crippen MR) is 131 cm³/mol. The molecular formula is C22H37IN4O2. The Hall–Kier alpha value is -1.35. The molecule has 0 aliphatic carbocycles. The van der Waals surface area contributed by atoms with Crippen molar-refractivity contribution >= 4 is 41.5 Å². The minimum absolute atomic E-state index is 0. The number of ether oxygens (including phenoxy) is 1. The standard InChI is InChI=1S/C22H36N4O2.HI/c1-16(2)8-5-9-17(3)25-22(23-4)24-15-18-10-6-11-19(14-18)26-21(27)20-12-7-13-28-20;/h6,10-11,14,16-17,20H,5,7-9,12-13,15H2,1-4H3,(H,26,27)(H2,23,24,25);1H. The van der Waals surface area contributed by atoms with Crippen molar-refractivity contribution in [2.75, 3.05) is 19.0 Å². The fourth-order valence-corrected chi connectivity index (χ4v) is 3.28. The highest BCUT2D eigenvalue weighted by Gasteiger charge is 2.23. The Morgan fingerprint density at radius 3 is 2.72 bits per heavy atom. The molecule has 1 amide bonds. The fourth-order valence-electron chi connectivity index (χ4n) is 3.28. The maximum atomic E-state index is 12.2. The summed E-state index contributed by atoms with van der Waals surface area (Å²) in [6, 6.07) is 8.25. The van der Waals surface area contributed by atoms with Crippen LogP contribution in [0.3, 0.4) is 0 Å². The lowest BCUT2D eigenvalue weighted by Crippen LogP contribution is -2.41. The van der Waals surface area contributed by atoms with E-state index in [0.717, 1.165) is 42.4 Å². The quantitative estimate of drug-likeness (QED) is 0.260. The van der Waals surface area contributed by atoms with Crippen LogP contribution in [0, 0.1) is 5.92 Å². The third-order valence-corrected chi connectivity index (χ3v) is 4.90. The molecule has 0 aromatic heterocycles. The van der Waals surface area contributed by atoms with Crippen LogP contribution in [-0.4, -0.2) is 37.7 Å². The van der Waals surface area contributed by atoms with Gasteiger partial charge in [0, 0.05) is 31.9 Å². The predicted octanol–water partition coefficient (Wildman–Crippen LogP) is 4.30. The van der Waals surface area contributed by atoms with Crippen LogP contribution in [0.4, 0.5) is 5.69 Å². The lowest BCUT2D eigenvalue weighted by atomic mass is 10.0. The number of guanidine groups is 1. The van der Waals surface area contributed by atoms with Crippen molar-refractivity contribution in [1.82, 2.24) is 10.6 Å². The summed E-state index contributed by atoms with van der Waals surface area (Å²) in [5, 5.41) is 9.75. The molecule has 1 aliphatic heterocycles. The zero-order valence-electron chi connectivity index (χ0n) is 18.2. The summed E-state index contributed by atoms with van der Waals surface area (Å²) < 4.78 is 5.44. The van der Waals surface area contributed by atoms with Gasteiger partial charge in [0.15, 0.2) is 5.96 Å². The van der Waals surface area contributed by atoms with Gasteiger partial charge in [0.1, 0.15) is 6.10 Å². The summed E-state index contributed by atoms with van der Waals surface area (Å²) in [7, 11) is 1.79. The highest BCUT2D eigenvalue weighted by atomic mass is 127. The van der Waals surface area contributed by atoms with E-state index in [2.05, 4.69) is 41.7 Å². The maximum absolute atomic E-state index is 12.2. The molecule has 0 radical (unpaired) electrons. The molecule has 1 aromatic rings. The minimum Gasteiger partial charge on any atom is -0.368 e. The first-order valence-electron chi connectivity index (χ1n) is 10.5. The average Bonchev–Trinajstić information content (AvgIpc) is 3.20. The van der Waals surface area contributed by atoms with Crippen molar-refractivity contribution in [2.24, 2.45) is 10.9 Å². The number of nitrogens with zero attached hydrogens (tertiary/aromatic N) is 1. The molecule has 1 aromatic carbocycles. The molecule has 0 bridgehead atoms. The van der Waals surface area contributed by atoms with Gasteiger partial charge in [-0.1, -0.05) is 38.8 Å². The molecule has 29 heavy (non-hydrogen) atoms. The van der Waals surface area contributed by atoms with Gasteiger partial charge >= 0.3 is 0 Å². The monoisotopic (exact) mass is 516 g/mol. The molecule has 3 N–H and O–H groups in total. The van der Waals surface area contributed by atoms with Gasteiger partial charge in [-0.15, -0.1) is 24.0 Å². The number of rotatable bonds is 9. The first-order chi connectivity index (χ1) is 13.5. The van der Waals surface area contributed by atoms with Crippen LogP contribution in [-0.2, 0) is 16.1 Å². The van der Waals surface area contributed by atoms with Crippen LogP contribution in [0.1, 0.15) is 58.4 Å². The smallest absolute Gasteiger partial charge is 0.253 e. The molecule has 1 fully saturated rings. The summed E-state index contributed by atoms with van der Waals surface area (Å²) in [5.41, 5.74) is 1.88. The van der Waals surface area contributed by atoms with E-state index >= 15 is 0 Å². The number of amides is 1. The van der Waals surface area contributed by atoms with Crippen molar-refractivity contribution in [2.45, 2.75) is 71.6 Å². The van der Waals surface area contributed by atoms with E-state index in [1.54, 1.807) is 7.05 Å². The Bertz CT molecular complexity index is 645. The lowest BCUT2D eigenvalue weighted by molar-refractivity contribution is -0.124. The van der Waals surface area contributed by atoms with Crippen molar-refractivity contribution < 1.29 is 9.53 Å². The summed E-state index contributed by atoms with van der Waals surface area (Å²) in [5.74, 6) is 1.48. The Balaban J connectivity index is 0.00000420. The molecule has 1 saturated heterocycles. The summed E-state index contributed by atoms with van der Waals surface area (Å²) in [4.78, 5) is 16.5. The molecule has 1 heterocycles. The fraction of sp³-hybridized carbons (Fsp3) is 0.636. The number of hydrogen-bond acceptors (Lipinski definition) is 3. The normalized spacial score (nSPS) is 17.6. The largest absolute Gasteiger partial charge is 0.368 e. The molecule has 0 spiro atoms. The van der Waals surface area contributed by atoms with E-state index in [1.165, 1.54) is 12.8 Å². The van der Waals surface area contributed by atoms with Gasteiger partial charge in [0.05, 0.1) is 0 Å². The second-order valence-electron chi connectivity index (χ2n) is 7.99. The van der Waals surface area contributed by atoms with Crippen LogP contribution in [0.2, 0.25) is 0 Å². The van der Waals surface area contributed by atoms with Crippen LogP contribution in [0.5, 0.6) is 0 Å². The Labute approximate surface area is 192 Å². The molecule has 2 rings (SSSR count). The number of aliphatic imine (C=N–C) groups is 1. The first kappa shape index (κ1) is 25.7. The second-order valence-corrected chi connectivity index (χ2v) is 7.99. The third kappa shape index (κ3) is 9.80. The van der Waals surface area contributed by atoms with Gasteiger partial charge in [-0.2, -0.15) is 0 Å². The van der Waals surface area contributed by atoms with E-state index < -0.39 is 0 Å². The first-order valence-corrected chi connectivity index (χ1v) is 10.5. The zero-order chi connectivity index (χ0) is 20.4. The SMILES string of the molecule is CN=C(NCc1cccc(NC(=O)C2CCCO2)c1)NC(C)CCCC(C)C.I. The summed E-state index contributed by atoms with van der Waals surface area (Å²) in [6.07, 6.45) is 5.03. The van der Waals surface area contributed by atoms with Crippen LogP contribution < -0.4 is 16.0 Å². The molecule has 2 atom stereocenters. The summed E-state index contributed by atoms with van der Waals surface area (Å²) in [6.45, 7) is 8.02. The number of benzene rings is 1. The molecular weight excluding hydrogens is 479 g/mol. The number of hydrogen-bond donors (Lipinski definition) is 3. The van der Waals surface area contributed by atoms with E-state index in [1.807, 2.05) is 24.3 Å². The molecule has 0 saturated carbocycles. The van der Waals surface area contributed by atoms with Crippen LogP contribution >= 0.6 is 24.0 Å². The molecule has 2 unspecified atom stereocenters. The van der Waals surface area contributed by atoms with E-state index in [9.17, 15) is 4.79 Å². The average molecular weight is 516 g/mol. The number of halogens is 1. The number of anilines is 1. The molecule has 164 valence electrons. The second kappa shape index (κ2) is 13.8. The number of nitrogens with one attached hydrogen (secondary N) is 3. The topological polar surface area (TPSA) is 74.8 Å². The number of carbonyl (C=O) groups excluding carboxylic acids is 1. The van der Waals surface area contributed by atoms with Crippen LogP contribution in [0.25, 0.3) is 0 Å². The van der Waals surface area contributed by atoms with Crippen molar-refractivity contribution in [3.63, 3.8) is 0 Å². The molecule has 1 aliphatic rings. The van der Waals surface area contributed by atoms with Gasteiger partial charge in [-0.05, 0) is 49.8 Å². The Morgan fingerprint density at radius 1 is 1.28 bits per heavy atom. The Kier molecular flexibility index (Phi) is 12.2. The molecule has 7 heteroatoms. The van der Waals surface area contributed by atoms with E-state index in [0.29, 0.717) is 19.2 Å². The highest BCUT2D eigenvalue weighted by molar-refractivity contribution is 14.0. The van der Waals surface area contributed by atoms with Gasteiger partial charge in [-0.25, -0.2) is 0 Å².